The van der Waals surface area contributed by atoms with Crippen LogP contribution in [0.25, 0.3) is 0 Å². The first kappa shape index (κ1) is 15.3. The number of carboxylic acids is 1. The molecule has 0 spiro atoms. The van der Waals surface area contributed by atoms with E-state index in [0.717, 1.165) is 19.3 Å². The van der Waals surface area contributed by atoms with Crippen LogP contribution in [0.2, 0.25) is 0 Å². The second-order valence-corrected chi connectivity index (χ2v) is 7.13. The Hall–Kier alpha value is -1.55. The van der Waals surface area contributed by atoms with Gasteiger partial charge in [-0.2, -0.15) is 0 Å². The molecule has 2 aliphatic carbocycles. The van der Waals surface area contributed by atoms with Crippen LogP contribution >= 0.6 is 0 Å². The van der Waals surface area contributed by atoms with Crippen molar-refractivity contribution in [3.05, 3.63) is 29.3 Å². The van der Waals surface area contributed by atoms with E-state index < -0.39 is 11.6 Å². The van der Waals surface area contributed by atoms with Crippen molar-refractivity contribution in [2.24, 2.45) is 11.8 Å². The average Bonchev–Trinajstić information content (AvgIpc) is 2.44. The first-order chi connectivity index (χ1) is 10.4. The van der Waals surface area contributed by atoms with Gasteiger partial charge in [0.15, 0.2) is 0 Å². The predicted molar refractivity (Wildman–Crippen MR) is 82.9 cm³/mol. The molecule has 120 valence electrons. The maximum atomic E-state index is 10.9. The van der Waals surface area contributed by atoms with Crippen LogP contribution in [-0.4, -0.2) is 26.9 Å². The molecule has 0 unspecified atom stereocenters. The Kier molecular flexibility index (Phi) is 3.89. The number of carboxylic acid groups (broad SMARTS) is 1. The molecular formula is C18H24O4. The zero-order chi connectivity index (χ0) is 15.9. The van der Waals surface area contributed by atoms with Gasteiger partial charge in [0.25, 0.3) is 0 Å². The standard InChI is InChI=1S/C18H24O4/c1-18(22)9-8-14-13-5-3-12(19)10-11(13)2-4-15(14)16(18)6-7-17(20)21/h3,5,10,14-16,19,22H,2,4,6-9H2,1H3,(H,20,21)/t14-,15-,16+,18+/m1/s1. The molecule has 3 rings (SSSR count). The molecule has 0 heterocycles. The predicted octanol–water partition coefficient (Wildman–Crippen LogP) is 3.06. The lowest BCUT2D eigenvalue weighted by molar-refractivity contribution is -0.138. The maximum Gasteiger partial charge on any atom is 0.303 e. The number of aliphatic hydroxyl groups is 1. The molecule has 3 N–H and O–H groups in total. The lowest BCUT2D eigenvalue weighted by atomic mass is 9.58. The molecule has 1 fully saturated rings. The molecule has 0 aromatic heterocycles. The fourth-order valence-corrected chi connectivity index (χ4v) is 4.67. The summed E-state index contributed by atoms with van der Waals surface area (Å²) in [7, 11) is 0. The van der Waals surface area contributed by atoms with Gasteiger partial charge in [0.05, 0.1) is 5.60 Å². The zero-order valence-electron chi connectivity index (χ0n) is 13.0. The molecular weight excluding hydrogens is 280 g/mol. The third-order valence-corrected chi connectivity index (χ3v) is 5.74. The number of rotatable bonds is 3. The van der Waals surface area contributed by atoms with E-state index in [2.05, 4.69) is 0 Å². The minimum Gasteiger partial charge on any atom is -0.508 e. The number of benzene rings is 1. The number of hydrogen-bond donors (Lipinski definition) is 3. The van der Waals surface area contributed by atoms with E-state index in [-0.39, 0.29) is 12.3 Å². The van der Waals surface area contributed by atoms with Crippen molar-refractivity contribution in [3.63, 3.8) is 0 Å². The first-order valence-electron chi connectivity index (χ1n) is 8.14. The second kappa shape index (κ2) is 5.58. The normalized spacial score (nSPS) is 33.8. The molecule has 0 aliphatic heterocycles. The molecule has 4 heteroatoms. The first-order valence-corrected chi connectivity index (χ1v) is 8.14. The molecule has 0 radical (unpaired) electrons. The fraction of sp³-hybridized carbons (Fsp3) is 0.611. The highest BCUT2D eigenvalue weighted by atomic mass is 16.4. The van der Waals surface area contributed by atoms with Crippen molar-refractivity contribution in [2.45, 2.75) is 57.0 Å². The fourth-order valence-electron chi connectivity index (χ4n) is 4.67. The van der Waals surface area contributed by atoms with Gasteiger partial charge in [-0.05, 0) is 80.0 Å². The lowest BCUT2D eigenvalue weighted by Gasteiger charge is -2.49. The Morgan fingerprint density at radius 3 is 2.86 bits per heavy atom. The number of aryl methyl sites for hydroxylation is 1. The zero-order valence-corrected chi connectivity index (χ0v) is 13.0. The largest absolute Gasteiger partial charge is 0.508 e. The van der Waals surface area contributed by atoms with E-state index in [1.54, 1.807) is 6.07 Å². The number of aliphatic carboxylic acids is 1. The molecule has 4 nitrogen and oxygen atoms in total. The highest BCUT2D eigenvalue weighted by molar-refractivity contribution is 5.66. The molecule has 1 aromatic carbocycles. The number of carbonyl (C=O) groups is 1. The molecule has 1 saturated carbocycles. The molecule has 22 heavy (non-hydrogen) atoms. The minimum absolute atomic E-state index is 0.0318. The number of phenolic OH excluding ortho intramolecular Hbond substituents is 1. The number of aromatic hydroxyl groups is 1. The summed E-state index contributed by atoms with van der Waals surface area (Å²) in [4.78, 5) is 10.9. The van der Waals surface area contributed by atoms with Crippen LogP contribution in [0.3, 0.4) is 0 Å². The molecule has 2 aliphatic rings. The van der Waals surface area contributed by atoms with Crippen molar-refractivity contribution >= 4 is 5.97 Å². The van der Waals surface area contributed by atoms with Gasteiger partial charge in [-0.3, -0.25) is 4.79 Å². The highest BCUT2D eigenvalue weighted by Crippen LogP contribution is 2.52. The van der Waals surface area contributed by atoms with E-state index in [0.29, 0.717) is 30.4 Å². The molecule has 0 bridgehead atoms. The quantitative estimate of drug-likeness (QED) is 0.802. The van der Waals surface area contributed by atoms with Crippen molar-refractivity contribution in [1.29, 1.82) is 0 Å². The van der Waals surface area contributed by atoms with Crippen molar-refractivity contribution in [1.82, 2.24) is 0 Å². The summed E-state index contributed by atoms with van der Waals surface area (Å²) in [5, 5.41) is 29.4. The lowest BCUT2D eigenvalue weighted by Crippen LogP contribution is -2.47. The average molecular weight is 304 g/mol. The summed E-state index contributed by atoms with van der Waals surface area (Å²) >= 11 is 0. The molecule has 1 aromatic rings. The molecule has 0 amide bonds. The topological polar surface area (TPSA) is 77.8 Å². The van der Waals surface area contributed by atoms with Crippen molar-refractivity contribution in [2.75, 3.05) is 0 Å². The van der Waals surface area contributed by atoms with E-state index >= 15 is 0 Å². The highest BCUT2D eigenvalue weighted by Gasteiger charge is 2.47. The maximum absolute atomic E-state index is 10.9. The van der Waals surface area contributed by atoms with E-state index in [9.17, 15) is 15.0 Å². The summed E-state index contributed by atoms with van der Waals surface area (Å²) in [6.45, 7) is 1.86. The second-order valence-electron chi connectivity index (χ2n) is 7.13. The van der Waals surface area contributed by atoms with Gasteiger partial charge < -0.3 is 15.3 Å². The monoisotopic (exact) mass is 304 g/mol. The van der Waals surface area contributed by atoms with Crippen LogP contribution < -0.4 is 0 Å². The summed E-state index contributed by atoms with van der Waals surface area (Å²) < 4.78 is 0. The van der Waals surface area contributed by atoms with Gasteiger partial charge >= 0.3 is 5.97 Å². The van der Waals surface area contributed by atoms with Gasteiger partial charge in [-0.25, -0.2) is 0 Å². The van der Waals surface area contributed by atoms with Crippen LogP contribution in [0.5, 0.6) is 5.75 Å². The van der Waals surface area contributed by atoms with Gasteiger partial charge in [-0.15, -0.1) is 0 Å². The Bertz CT molecular complexity index is 578. The van der Waals surface area contributed by atoms with Gasteiger partial charge in [0.1, 0.15) is 5.75 Å². The van der Waals surface area contributed by atoms with Gasteiger partial charge in [-0.1, -0.05) is 6.07 Å². The van der Waals surface area contributed by atoms with Crippen molar-refractivity contribution < 1.29 is 20.1 Å². The molecule has 0 saturated heterocycles. The minimum atomic E-state index is -0.793. The Balaban J connectivity index is 1.89. The van der Waals surface area contributed by atoms with Crippen molar-refractivity contribution in [3.8, 4) is 5.75 Å². The summed E-state index contributed by atoms with van der Waals surface area (Å²) in [5.74, 6) is 0.259. The van der Waals surface area contributed by atoms with Crippen LogP contribution in [-0.2, 0) is 11.2 Å². The Morgan fingerprint density at radius 1 is 1.36 bits per heavy atom. The third kappa shape index (κ3) is 2.72. The molecule has 4 atom stereocenters. The third-order valence-electron chi connectivity index (χ3n) is 5.74. The number of phenols is 1. The Morgan fingerprint density at radius 2 is 2.14 bits per heavy atom. The summed E-state index contributed by atoms with van der Waals surface area (Å²) in [6.07, 6.45) is 4.15. The van der Waals surface area contributed by atoms with Crippen LogP contribution in [0.1, 0.15) is 56.1 Å². The van der Waals surface area contributed by atoms with Crippen LogP contribution in [0, 0.1) is 11.8 Å². The SMILES string of the molecule is C[C@]1(O)CC[C@@H]2c3ccc(O)cc3CC[C@H]2[C@@H]1CCC(=O)O. The van der Waals surface area contributed by atoms with E-state index in [1.165, 1.54) is 11.1 Å². The number of hydrogen-bond acceptors (Lipinski definition) is 3. The Labute approximate surface area is 130 Å². The van der Waals surface area contributed by atoms with Crippen LogP contribution in [0.4, 0.5) is 0 Å². The van der Waals surface area contributed by atoms with Crippen LogP contribution in [0.15, 0.2) is 18.2 Å². The van der Waals surface area contributed by atoms with Gasteiger partial charge in [0, 0.05) is 6.42 Å². The smallest absolute Gasteiger partial charge is 0.303 e. The summed E-state index contributed by atoms with van der Waals surface area (Å²) in [5.41, 5.74) is 1.72. The van der Waals surface area contributed by atoms with E-state index in [1.807, 2.05) is 19.1 Å². The summed E-state index contributed by atoms with van der Waals surface area (Å²) in [6, 6.07) is 5.60. The number of fused-ring (bicyclic) bond motifs is 3. The van der Waals surface area contributed by atoms with Gasteiger partial charge in [0.2, 0.25) is 0 Å². The van der Waals surface area contributed by atoms with E-state index in [4.69, 9.17) is 5.11 Å².